The second-order valence-electron chi connectivity index (χ2n) is 4.57. The molecule has 2 rings (SSSR count). The molecular formula is C14H18FN. The minimum atomic E-state index is -0.161. The standard InChI is InChI=1S/C14H18FN/c1-5-12-13(8-9(2)15)16(4)10(3)14(12)11-6-7-11/h5,8,11H,1,6-7H2,2-4H3/b9-8+. The van der Waals surface area contributed by atoms with Gasteiger partial charge in [0.05, 0.1) is 11.5 Å². The van der Waals surface area contributed by atoms with Gasteiger partial charge in [0.2, 0.25) is 0 Å². The zero-order valence-electron chi connectivity index (χ0n) is 10.2. The number of halogens is 1. The van der Waals surface area contributed by atoms with Crippen LogP contribution in [0, 0.1) is 6.92 Å². The van der Waals surface area contributed by atoms with Crippen LogP contribution in [0.4, 0.5) is 4.39 Å². The van der Waals surface area contributed by atoms with Crippen LogP contribution < -0.4 is 0 Å². The van der Waals surface area contributed by atoms with Crippen LogP contribution in [-0.2, 0) is 7.05 Å². The zero-order chi connectivity index (χ0) is 11.9. The predicted octanol–water partition coefficient (Wildman–Crippen LogP) is 4.18. The molecule has 16 heavy (non-hydrogen) atoms. The van der Waals surface area contributed by atoms with E-state index in [0.29, 0.717) is 5.92 Å². The molecule has 0 atom stereocenters. The van der Waals surface area contributed by atoms with Crippen LogP contribution in [-0.4, -0.2) is 4.57 Å². The van der Waals surface area contributed by atoms with Crippen LogP contribution in [0.1, 0.15) is 48.2 Å². The van der Waals surface area contributed by atoms with Crippen LogP contribution in [0.5, 0.6) is 0 Å². The summed E-state index contributed by atoms with van der Waals surface area (Å²) in [6, 6.07) is 0. The van der Waals surface area contributed by atoms with Gasteiger partial charge in [0.25, 0.3) is 0 Å². The summed E-state index contributed by atoms with van der Waals surface area (Å²) in [5, 5.41) is 0. The average molecular weight is 219 g/mol. The molecule has 0 saturated heterocycles. The molecule has 0 amide bonds. The van der Waals surface area contributed by atoms with Gasteiger partial charge in [-0.05, 0) is 44.2 Å². The van der Waals surface area contributed by atoms with Crippen molar-refractivity contribution in [1.29, 1.82) is 0 Å². The Bertz CT molecular complexity index is 458. The van der Waals surface area contributed by atoms with E-state index in [4.69, 9.17) is 0 Å². The number of hydrogen-bond acceptors (Lipinski definition) is 0. The summed E-state index contributed by atoms with van der Waals surface area (Å²) in [5.41, 5.74) is 4.66. The Morgan fingerprint density at radius 1 is 1.50 bits per heavy atom. The lowest BCUT2D eigenvalue weighted by Crippen LogP contribution is -1.94. The first-order valence-corrected chi connectivity index (χ1v) is 5.71. The zero-order valence-corrected chi connectivity index (χ0v) is 10.2. The van der Waals surface area contributed by atoms with Crippen molar-refractivity contribution >= 4 is 12.2 Å². The molecule has 0 bridgehead atoms. The van der Waals surface area contributed by atoms with Crippen molar-refractivity contribution in [2.24, 2.45) is 7.05 Å². The Kier molecular flexibility index (Phi) is 2.75. The second kappa shape index (κ2) is 3.93. The minimum absolute atomic E-state index is 0.161. The molecule has 0 radical (unpaired) electrons. The highest BCUT2D eigenvalue weighted by molar-refractivity contribution is 5.69. The highest BCUT2D eigenvalue weighted by atomic mass is 19.1. The van der Waals surface area contributed by atoms with Gasteiger partial charge in [-0.2, -0.15) is 0 Å². The van der Waals surface area contributed by atoms with E-state index in [1.807, 2.05) is 13.1 Å². The monoisotopic (exact) mass is 219 g/mol. The van der Waals surface area contributed by atoms with E-state index >= 15 is 0 Å². The van der Waals surface area contributed by atoms with Gasteiger partial charge in [-0.1, -0.05) is 12.7 Å². The molecule has 0 aliphatic heterocycles. The molecule has 0 unspecified atom stereocenters. The largest absolute Gasteiger partial charge is 0.348 e. The third-order valence-electron chi connectivity index (χ3n) is 3.35. The highest BCUT2D eigenvalue weighted by Crippen LogP contribution is 2.45. The van der Waals surface area contributed by atoms with E-state index < -0.39 is 0 Å². The molecule has 1 aliphatic carbocycles. The molecule has 1 saturated carbocycles. The molecule has 0 aromatic carbocycles. The van der Waals surface area contributed by atoms with Gasteiger partial charge in [-0.15, -0.1) is 0 Å². The third kappa shape index (κ3) is 1.73. The fourth-order valence-electron chi connectivity index (χ4n) is 2.34. The van der Waals surface area contributed by atoms with Crippen molar-refractivity contribution in [2.75, 3.05) is 0 Å². The fourth-order valence-corrected chi connectivity index (χ4v) is 2.34. The maximum absolute atomic E-state index is 13.1. The summed E-state index contributed by atoms with van der Waals surface area (Å²) >= 11 is 0. The molecule has 2 heteroatoms. The van der Waals surface area contributed by atoms with Crippen LogP contribution in [0.3, 0.4) is 0 Å². The predicted molar refractivity (Wildman–Crippen MR) is 67.0 cm³/mol. The SMILES string of the molecule is C=Cc1c(C2CC2)c(C)n(C)c1/C=C(\C)F. The minimum Gasteiger partial charge on any atom is -0.348 e. The maximum Gasteiger partial charge on any atom is 0.0989 e. The summed E-state index contributed by atoms with van der Waals surface area (Å²) in [4.78, 5) is 0. The first kappa shape index (κ1) is 11.2. The van der Waals surface area contributed by atoms with Crippen molar-refractivity contribution < 1.29 is 4.39 Å². The number of hydrogen-bond donors (Lipinski definition) is 0. The summed E-state index contributed by atoms with van der Waals surface area (Å²) < 4.78 is 15.1. The van der Waals surface area contributed by atoms with E-state index in [1.54, 1.807) is 6.08 Å². The molecule has 1 fully saturated rings. The lowest BCUT2D eigenvalue weighted by molar-refractivity contribution is 0.647. The van der Waals surface area contributed by atoms with E-state index in [2.05, 4.69) is 18.1 Å². The molecule has 1 aromatic heterocycles. The number of allylic oxidation sites excluding steroid dienone is 1. The highest BCUT2D eigenvalue weighted by Gasteiger charge is 2.30. The topological polar surface area (TPSA) is 4.93 Å². The lowest BCUT2D eigenvalue weighted by atomic mass is 10.0. The van der Waals surface area contributed by atoms with Gasteiger partial charge in [0.15, 0.2) is 0 Å². The van der Waals surface area contributed by atoms with Crippen LogP contribution >= 0.6 is 0 Å². The normalized spacial score (nSPS) is 16.6. The summed E-state index contributed by atoms with van der Waals surface area (Å²) in [6.45, 7) is 7.44. The average Bonchev–Trinajstić information content (AvgIpc) is 3.01. The smallest absolute Gasteiger partial charge is 0.0989 e. The van der Waals surface area contributed by atoms with E-state index in [0.717, 1.165) is 11.3 Å². The molecule has 0 N–H and O–H groups in total. The number of aromatic nitrogens is 1. The van der Waals surface area contributed by atoms with Gasteiger partial charge >= 0.3 is 0 Å². The van der Waals surface area contributed by atoms with E-state index in [-0.39, 0.29) is 5.83 Å². The fraction of sp³-hybridized carbons (Fsp3) is 0.429. The van der Waals surface area contributed by atoms with Crippen molar-refractivity contribution in [1.82, 2.24) is 4.57 Å². The maximum atomic E-state index is 13.1. The summed E-state index contributed by atoms with van der Waals surface area (Å²) in [7, 11) is 1.99. The van der Waals surface area contributed by atoms with Crippen molar-refractivity contribution in [3.05, 3.63) is 34.9 Å². The van der Waals surface area contributed by atoms with Gasteiger partial charge in [-0.3, -0.25) is 0 Å². The van der Waals surface area contributed by atoms with E-state index in [9.17, 15) is 4.39 Å². The van der Waals surface area contributed by atoms with Gasteiger partial charge in [-0.25, -0.2) is 4.39 Å². The first-order valence-electron chi connectivity index (χ1n) is 5.71. The van der Waals surface area contributed by atoms with Gasteiger partial charge in [0, 0.05) is 18.3 Å². The molecule has 0 spiro atoms. The summed E-state index contributed by atoms with van der Waals surface area (Å²) in [5.74, 6) is 0.507. The Morgan fingerprint density at radius 2 is 2.12 bits per heavy atom. The van der Waals surface area contributed by atoms with Crippen LogP contribution in [0.25, 0.3) is 12.2 Å². The Hall–Kier alpha value is -1.31. The molecule has 1 aromatic rings. The Labute approximate surface area is 96.3 Å². The lowest BCUT2D eigenvalue weighted by Gasteiger charge is -2.01. The van der Waals surface area contributed by atoms with Crippen LogP contribution in [0.15, 0.2) is 12.4 Å². The van der Waals surface area contributed by atoms with Gasteiger partial charge < -0.3 is 4.57 Å². The molecule has 1 heterocycles. The second-order valence-corrected chi connectivity index (χ2v) is 4.57. The first-order chi connectivity index (χ1) is 7.56. The molecule has 1 nitrogen and oxygen atoms in total. The number of nitrogens with zero attached hydrogens (tertiary/aromatic N) is 1. The molecule has 86 valence electrons. The summed E-state index contributed by atoms with van der Waals surface area (Å²) in [6.07, 6.45) is 5.96. The Balaban J connectivity index is 2.63. The van der Waals surface area contributed by atoms with Crippen molar-refractivity contribution in [3.63, 3.8) is 0 Å². The third-order valence-corrected chi connectivity index (χ3v) is 3.35. The Morgan fingerprint density at radius 3 is 2.56 bits per heavy atom. The van der Waals surface area contributed by atoms with Gasteiger partial charge in [0.1, 0.15) is 0 Å². The van der Waals surface area contributed by atoms with Crippen LogP contribution in [0.2, 0.25) is 0 Å². The molecular weight excluding hydrogens is 201 g/mol. The molecule has 1 aliphatic rings. The van der Waals surface area contributed by atoms with Crippen molar-refractivity contribution in [2.45, 2.75) is 32.6 Å². The van der Waals surface area contributed by atoms with E-state index in [1.165, 1.54) is 31.0 Å². The van der Waals surface area contributed by atoms with Crippen molar-refractivity contribution in [3.8, 4) is 0 Å². The quantitative estimate of drug-likeness (QED) is 0.718. The number of rotatable bonds is 3.